The van der Waals surface area contributed by atoms with E-state index in [1.165, 1.54) is 14.7 Å². The lowest BCUT2D eigenvalue weighted by molar-refractivity contribution is -0.151. The molecule has 9 heteroatoms. The summed E-state index contributed by atoms with van der Waals surface area (Å²) in [6.45, 7) is 4.24. The van der Waals surface area contributed by atoms with Crippen LogP contribution in [0.3, 0.4) is 0 Å². The van der Waals surface area contributed by atoms with Crippen LogP contribution in [-0.4, -0.2) is 88.7 Å². The maximum Gasteiger partial charge on any atom is 0.329 e. The zero-order valence-electron chi connectivity index (χ0n) is 28.1. The Labute approximate surface area is 287 Å². The van der Waals surface area contributed by atoms with Crippen LogP contribution in [0.4, 0.5) is 4.79 Å². The molecule has 0 spiro atoms. The van der Waals surface area contributed by atoms with Crippen molar-refractivity contribution >= 4 is 23.8 Å². The van der Waals surface area contributed by atoms with Crippen LogP contribution in [0.1, 0.15) is 36.1 Å². The van der Waals surface area contributed by atoms with E-state index >= 15 is 0 Å². The van der Waals surface area contributed by atoms with Crippen LogP contribution in [0.2, 0.25) is 0 Å². The maximum atomic E-state index is 14.1. The molecule has 4 aromatic rings. The average Bonchev–Trinajstić information content (AvgIpc) is 3.93. The number of likely N-dealkylation sites (N-methyl/N-ethyl adjacent to an activating group) is 1. The van der Waals surface area contributed by atoms with Crippen LogP contribution in [0.5, 0.6) is 0 Å². The minimum Gasteiger partial charge on any atom is -0.459 e. The number of amides is 4. The molecule has 2 saturated heterocycles. The molecule has 2 aliphatic rings. The van der Waals surface area contributed by atoms with E-state index in [9.17, 15) is 19.2 Å². The molecule has 0 radical (unpaired) electrons. The van der Waals surface area contributed by atoms with Gasteiger partial charge in [-0.15, -0.1) is 0 Å². The van der Waals surface area contributed by atoms with Gasteiger partial charge < -0.3 is 14.5 Å². The van der Waals surface area contributed by atoms with E-state index in [1.807, 2.05) is 98.8 Å². The SMILES string of the molecule is CC(C)[C@@H](C(=O)OCc1ccccc1)N(C)C(=O)N1CCN(C(=O)C2CN2C(c2ccccc2)(c2ccccc2)c2ccccc2)C(=O)C1. The number of piperazine rings is 1. The number of benzene rings is 4. The molecule has 2 aliphatic heterocycles. The Balaban J connectivity index is 1.17. The number of ether oxygens (including phenoxy) is 1. The second-order valence-electron chi connectivity index (χ2n) is 13.0. The summed E-state index contributed by atoms with van der Waals surface area (Å²) in [5, 5.41) is 0. The van der Waals surface area contributed by atoms with Gasteiger partial charge in [0.2, 0.25) is 11.8 Å². The molecule has 0 N–H and O–H groups in total. The van der Waals surface area contributed by atoms with E-state index in [0.717, 1.165) is 22.3 Å². The van der Waals surface area contributed by atoms with Gasteiger partial charge in [0.1, 0.15) is 25.2 Å². The van der Waals surface area contributed by atoms with Crippen molar-refractivity contribution in [3.8, 4) is 0 Å². The topological polar surface area (TPSA) is 90.2 Å². The minimum atomic E-state index is -0.840. The second kappa shape index (κ2) is 14.5. The second-order valence-corrected chi connectivity index (χ2v) is 13.0. The third kappa shape index (κ3) is 6.71. The lowest BCUT2D eigenvalue weighted by Crippen LogP contribution is -2.59. The predicted octanol–water partition coefficient (Wildman–Crippen LogP) is 5.15. The summed E-state index contributed by atoms with van der Waals surface area (Å²) in [5.41, 5.74) is 3.16. The number of urea groups is 1. The summed E-state index contributed by atoms with van der Waals surface area (Å²) >= 11 is 0. The Morgan fingerprint density at radius 2 is 1.27 bits per heavy atom. The van der Waals surface area contributed by atoms with Crippen molar-refractivity contribution in [1.82, 2.24) is 19.6 Å². The molecule has 3 atom stereocenters. The predicted molar refractivity (Wildman–Crippen MR) is 186 cm³/mol. The normalized spacial score (nSPS) is 18.2. The number of nitrogens with zero attached hydrogens (tertiary/aromatic N) is 4. The van der Waals surface area contributed by atoms with Crippen molar-refractivity contribution in [2.75, 3.05) is 33.2 Å². The first-order chi connectivity index (χ1) is 23.7. The summed E-state index contributed by atoms with van der Waals surface area (Å²) in [4.78, 5) is 60.6. The van der Waals surface area contributed by atoms with Crippen LogP contribution in [-0.2, 0) is 31.3 Å². The number of hydrogen-bond donors (Lipinski definition) is 0. The molecule has 0 aromatic heterocycles. The third-order valence-electron chi connectivity index (χ3n) is 9.48. The first-order valence-electron chi connectivity index (χ1n) is 16.7. The van der Waals surface area contributed by atoms with Gasteiger partial charge in [0.25, 0.3) is 0 Å². The largest absolute Gasteiger partial charge is 0.459 e. The van der Waals surface area contributed by atoms with E-state index in [2.05, 4.69) is 41.3 Å². The Kier molecular flexibility index (Phi) is 9.92. The molecule has 0 bridgehead atoms. The molecule has 252 valence electrons. The van der Waals surface area contributed by atoms with Gasteiger partial charge in [-0.1, -0.05) is 135 Å². The smallest absolute Gasteiger partial charge is 0.329 e. The van der Waals surface area contributed by atoms with E-state index < -0.39 is 35.5 Å². The number of hydrogen-bond acceptors (Lipinski definition) is 6. The molecule has 4 aromatic carbocycles. The third-order valence-corrected chi connectivity index (χ3v) is 9.48. The minimum absolute atomic E-state index is 0.0708. The van der Waals surface area contributed by atoms with Gasteiger partial charge >= 0.3 is 12.0 Å². The van der Waals surface area contributed by atoms with Gasteiger partial charge in [0, 0.05) is 26.7 Å². The molecular formula is C40H42N4O5. The average molecular weight is 659 g/mol. The Morgan fingerprint density at radius 3 is 1.73 bits per heavy atom. The number of carbonyl (C=O) groups excluding carboxylic acids is 4. The Bertz CT molecular complexity index is 1670. The lowest BCUT2D eigenvalue weighted by atomic mass is 9.76. The van der Waals surface area contributed by atoms with Crippen molar-refractivity contribution in [3.63, 3.8) is 0 Å². The van der Waals surface area contributed by atoms with Crippen LogP contribution in [0, 0.1) is 5.92 Å². The van der Waals surface area contributed by atoms with Crippen molar-refractivity contribution in [1.29, 1.82) is 0 Å². The van der Waals surface area contributed by atoms with E-state index in [4.69, 9.17) is 4.74 Å². The van der Waals surface area contributed by atoms with Crippen molar-refractivity contribution in [2.24, 2.45) is 5.92 Å². The Morgan fingerprint density at radius 1 is 0.776 bits per heavy atom. The highest BCUT2D eigenvalue weighted by Gasteiger charge is 2.57. The molecule has 2 heterocycles. The fraction of sp³-hybridized carbons (Fsp3) is 0.300. The van der Waals surface area contributed by atoms with Gasteiger partial charge in [-0.3, -0.25) is 19.4 Å². The van der Waals surface area contributed by atoms with E-state index in [1.54, 1.807) is 7.05 Å². The summed E-state index contributed by atoms with van der Waals surface area (Å²) in [6.07, 6.45) is 0. The highest BCUT2D eigenvalue weighted by atomic mass is 16.5. The molecule has 0 saturated carbocycles. The fourth-order valence-electron chi connectivity index (χ4n) is 7.04. The van der Waals surface area contributed by atoms with Crippen molar-refractivity contribution in [2.45, 2.75) is 38.1 Å². The maximum absolute atomic E-state index is 14.1. The van der Waals surface area contributed by atoms with Crippen molar-refractivity contribution in [3.05, 3.63) is 144 Å². The molecule has 2 fully saturated rings. The molecule has 4 amide bonds. The van der Waals surface area contributed by atoms with Gasteiger partial charge in [-0.05, 0) is 28.2 Å². The summed E-state index contributed by atoms with van der Waals surface area (Å²) in [7, 11) is 1.55. The lowest BCUT2D eigenvalue weighted by Gasteiger charge is -2.39. The number of rotatable bonds is 10. The molecular weight excluding hydrogens is 616 g/mol. The highest BCUT2D eigenvalue weighted by Crippen LogP contribution is 2.48. The zero-order chi connectivity index (χ0) is 34.5. The number of imide groups is 1. The summed E-state index contributed by atoms with van der Waals surface area (Å²) in [5.74, 6) is -1.46. The first kappa shape index (κ1) is 33.6. The van der Waals surface area contributed by atoms with Gasteiger partial charge in [0.05, 0.1) is 5.54 Å². The Hall–Kier alpha value is -5.28. The number of carbonyl (C=O) groups is 4. The first-order valence-corrected chi connectivity index (χ1v) is 16.7. The van der Waals surface area contributed by atoms with Crippen LogP contribution in [0.15, 0.2) is 121 Å². The fourth-order valence-corrected chi connectivity index (χ4v) is 7.04. The molecule has 2 unspecified atom stereocenters. The summed E-state index contributed by atoms with van der Waals surface area (Å²) < 4.78 is 5.57. The molecule has 0 aliphatic carbocycles. The van der Waals surface area contributed by atoms with E-state index in [-0.39, 0.29) is 38.1 Å². The monoisotopic (exact) mass is 658 g/mol. The van der Waals surface area contributed by atoms with Crippen molar-refractivity contribution < 1.29 is 23.9 Å². The quantitative estimate of drug-likeness (QED) is 0.101. The standard InChI is InChI=1S/C40H42N4O5/c1-29(2)36(38(47)49-28-30-16-8-4-9-17-30)41(3)39(48)42-24-25-43(35(45)27-42)37(46)34-26-44(34)40(31-18-10-5-11-19-31,32-20-12-6-13-21-32)33-22-14-7-15-23-33/h4-23,29,34,36H,24-28H2,1-3H3/t34?,36-,44?/m0/s1. The molecule has 9 nitrogen and oxygen atoms in total. The molecule has 6 rings (SSSR count). The van der Waals surface area contributed by atoms with Gasteiger partial charge in [0.15, 0.2) is 0 Å². The molecule has 49 heavy (non-hydrogen) atoms. The van der Waals surface area contributed by atoms with Crippen LogP contribution in [0.25, 0.3) is 0 Å². The summed E-state index contributed by atoms with van der Waals surface area (Å²) in [6, 6.07) is 37.9. The van der Waals surface area contributed by atoms with E-state index in [0.29, 0.717) is 6.54 Å². The van der Waals surface area contributed by atoms with Gasteiger partial charge in [-0.2, -0.15) is 0 Å². The van der Waals surface area contributed by atoms with Gasteiger partial charge in [-0.25, -0.2) is 9.59 Å². The van der Waals surface area contributed by atoms with Crippen LogP contribution < -0.4 is 0 Å². The zero-order valence-corrected chi connectivity index (χ0v) is 28.1. The van der Waals surface area contributed by atoms with Crippen LogP contribution >= 0.6 is 0 Å². The highest BCUT2D eigenvalue weighted by molar-refractivity contribution is 6.01. The number of esters is 1.